The van der Waals surface area contributed by atoms with Crippen LogP contribution >= 0.6 is 11.3 Å². The van der Waals surface area contributed by atoms with Crippen molar-refractivity contribution in [2.75, 3.05) is 12.0 Å². The normalized spacial score (nSPS) is 11.5. The zero-order chi connectivity index (χ0) is 20.9. The van der Waals surface area contributed by atoms with Crippen LogP contribution in [0.15, 0.2) is 71.8 Å². The van der Waals surface area contributed by atoms with E-state index in [1.807, 2.05) is 61.5 Å². The number of benzene rings is 2. The van der Waals surface area contributed by atoms with Gasteiger partial charge in [0.15, 0.2) is 0 Å². The van der Waals surface area contributed by atoms with Crippen LogP contribution in [-0.4, -0.2) is 28.3 Å². The highest BCUT2D eigenvalue weighted by atomic mass is 32.1. The number of rotatable bonds is 6. The average molecular weight is 417 g/mol. The SMILES string of the molecule is CCOC(=O)c1cccc(-c2cccc(/C(C)=N/Nc3nc4ccccc4s3)c2)n1. The zero-order valence-electron chi connectivity index (χ0n) is 16.6. The average Bonchev–Trinajstić information content (AvgIpc) is 3.21. The maximum absolute atomic E-state index is 12.0. The quantitative estimate of drug-likeness (QED) is 0.260. The van der Waals surface area contributed by atoms with Crippen LogP contribution in [0.1, 0.15) is 29.9 Å². The first kappa shape index (κ1) is 19.7. The van der Waals surface area contributed by atoms with Gasteiger partial charge in [-0.2, -0.15) is 5.10 Å². The molecule has 2 aromatic carbocycles. The summed E-state index contributed by atoms with van der Waals surface area (Å²) < 4.78 is 6.16. The van der Waals surface area contributed by atoms with Crippen molar-refractivity contribution in [3.05, 3.63) is 78.0 Å². The topological polar surface area (TPSA) is 76.5 Å². The molecule has 0 fully saturated rings. The number of nitrogens with zero attached hydrogens (tertiary/aromatic N) is 3. The van der Waals surface area contributed by atoms with Crippen LogP contribution in [0.2, 0.25) is 0 Å². The fraction of sp³-hybridized carbons (Fsp3) is 0.130. The number of aromatic nitrogens is 2. The van der Waals surface area contributed by atoms with Crippen molar-refractivity contribution in [2.45, 2.75) is 13.8 Å². The predicted octanol–water partition coefficient (Wildman–Crippen LogP) is 5.37. The van der Waals surface area contributed by atoms with E-state index >= 15 is 0 Å². The van der Waals surface area contributed by atoms with E-state index in [4.69, 9.17) is 4.74 Å². The lowest BCUT2D eigenvalue weighted by Gasteiger charge is -2.07. The van der Waals surface area contributed by atoms with Gasteiger partial charge in [-0.25, -0.2) is 14.8 Å². The number of hydrazone groups is 1. The first-order valence-electron chi connectivity index (χ1n) is 9.55. The van der Waals surface area contributed by atoms with Crippen molar-refractivity contribution in [2.24, 2.45) is 5.10 Å². The maximum Gasteiger partial charge on any atom is 0.356 e. The number of thiazole rings is 1. The number of fused-ring (bicyclic) bond motifs is 1. The van der Waals surface area contributed by atoms with Crippen molar-refractivity contribution < 1.29 is 9.53 Å². The number of ether oxygens (including phenoxy) is 1. The third kappa shape index (κ3) is 4.36. The molecule has 0 saturated carbocycles. The highest BCUT2D eigenvalue weighted by molar-refractivity contribution is 7.22. The van der Waals surface area contributed by atoms with E-state index in [9.17, 15) is 4.79 Å². The second-order valence-electron chi connectivity index (χ2n) is 6.51. The Morgan fingerprint density at radius 2 is 1.90 bits per heavy atom. The van der Waals surface area contributed by atoms with Crippen molar-refractivity contribution in [3.63, 3.8) is 0 Å². The van der Waals surface area contributed by atoms with Gasteiger partial charge in [0.1, 0.15) is 5.69 Å². The van der Waals surface area contributed by atoms with Gasteiger partial charge in [-0.1, -0.05) is 47.7 Å². The third-order valence-corrected chi connectivity index (χ3v) is 5.36. The molecule has 30 heavy (non-hydrogen) atoms. The number of pyridine rings is 1. The summed E-state index contributed by atoms with van der Waals surface area (Å²) in [5.41, 5.74) is 7.66. The third-order valence-electron chi connectivity index (χ3n) is 4.42. The molecular weight excluding hydrogens is 396 g/mol. The molecule has 7 heteroatoms. The van der Waals surface area contributed by atoms with Gasteiger partial charge in [-0.05, 0) is 49.7 Å². The number of anilines is 1. The number of carbonyl (C=O) groups excluding carboxylic acids is 1. The maximum atomic E-state index is 12.0. The molecule has 0 saturated heterocycles. The van der Waals surface area contributed by atoms with Crippen LogP contribution in [0, 0.1) is 0 Å². The zero-order valence-corrected chi connectivity index (χ0v) is 17.4. The molecule has 4 rings (SSSR count). The summed E-state index contributed by atoms with van der Waals surface area (Å²) in [6.07, 6.45) is 0. The van der Waals surface area contributed by atoms with Gasteiger partial charge in [0.05, 0.1) is 28.2 Å². The minimum Gasteiger partial charge on any atom is -0.461 e. The monoisotopic (exact) mass is 416 g/mol. The minimum atomic E-state index is -0.423. The second kappa shape index (κ2) is 8.84. The fourth-order valence-electron chi connectivity index (χ4n) is 2.93. The fourth-order valence-corrected chi connectivity index (χ4v) is 3.74. The number of hydrogen-bond donors (Lipinski definition) is 1. The molecular formula is C23H20N4O2S. The van der Waals surface area contributed by atoms with Crippen LogP contribution in [-0.2, 0) is 4.74 Å². The van der Waals surface area contributed by atoms with Crippen LogP contribution < -0.4 is 5.43 Å². The van der Waals surface area contributed by atoms with Crippen LogP contribution in [0.3, 0.4) is 0 Å². The first-order valence-corrected chi connectivity index (χ1v) is 10.4. The smallest absolute Gasteiger partial charge is 0.356 e. The van der Waals surface area contributed by atoms with E-state index in [2.05, 4.69) is 20.5 Å². The van der Waals surface area contributed by atoms with Crippen LogP contribution in [0.25, 0.3) is 21.5 Å². The van der Waals surface area contributed by atoms with Gasteiger partial charge >= 0.3 is 5.97 Å². The Morgan fingerprint density at radius 1 is 1.07 bits per heavy atom. The Balaban J connectivity index is 1.56. The van der Waals surface area contributed by atoms with Crippen molar-refractivity contribution >= 4 is 38.4 Å². The van der Waals surface area contributed by atoms with E-state index in [1.54, 1.807) is 30.4 Å². The predicted molar refractivity (Wildman–Crippen MR) is 121 cm³/mol. The molecule has 0 spiro atoms. The molecule has 0 amide bonds. The molecule has 2 heterocycles. The molecule has 0 unspecified atom stereocenters. The summed E-state index contributed by atoms with van der Waals surface area (Å²) >= 11 is 1.56. The lowest BCUT2D eigenvalue weighted by molar-refractivity contribution is 0.0519. The Kier molecular flexibility index (Phi) is 5.81. The van der Waals surface area contributed by atoms with Gasteiger partial charge in [0.2, 0.25) is 5.13 Å². The number of carbonyl (C=O) groups is 1. The number of para-hydroxylation sites is 1. The van der Waals surface area contributed by atoms with Gasteiger partial charge in [-0.3, -0.25) is 5.43 Å². The molecule has 0 atom stereocenters. The summed E-state index contributed by atoms with van der Waals surface area (Å²) in [6.45, 7) is 4.02. The molecule has 150 valence electrons. The summed E-state index contributed by atoms with van der Waals surface area (Å²) in [5.74, 6) is -0.423. The number of esters is 1. The molecule has 0 radical (unpaired) electrons. The Labute approximate surface area is 178 Å². The van der Waals surface area contributed by atoms with Crippen molar-refractivity contribution in [1.29, 1.82) is 0 Å². The second-order valence-corrected chi connectivity index (χ2v) is 7.54. The van der Waals surface area contributed by atoms with Crippen molar-refractivity contribution in [1.82, 2.24) is 9.97 Å². The molecule has 0 aliphatic heterocycles. The van der Waals surface area contributed by atoms with Gasteiger partial charge in [0.25, 0.3) is 0 Å². The van der Waals surface area contributed by atoms with Crippen LogP contribution in [0.5, 0.6) is 0 Å². The number of hydrogen-bond acceptors (Lipinski definition) is 7. The van der Waals surface area contributed by atoms with E-state index in [1.165, 1.54) is 0 Å². The standard InChI is InChI=1S/C23H20N4O2S/c1-3-29-22(28)20-12-7-11-18(24-20)17-9-6-8-16(14-17)15(2)26-27-23-25-19-10-4-5-13-21(19)30-23/h4-14H,3H2,1-2H3,(H,25,27)/b26-15+. The molecule has 1 N–H and O–H groups in total. The van der Waals surface area contributed by atoms with Crippen molar-refractivity contribution in [3.8, 4) is 11.3 Å². The van der Waals surface area contributed by atoms with E-state index < -0.39 is 5.97 Å². The summed E-state index contributed by atoms with van der Waals surface area (Å²) in [6, 6.07) is 21.2. The van der Waals surface area contributed by atoms with Gasteiger partial charge in [-0.15, -0.1) is 0 Å². The summed E-state index contributed by atoms with van der Waals surface area (Å²) in [5, 5.41) is 5.23. The summed E-state index contributed by atoms with van der Waals surface area (Å²) in [7, 11) is 0. The Morgan fingerprint density at radius 3 is 2.73 bits per heavy atom. The van der Waals surface area contributed by atoms with E-state index in [0.717, 1.165) is 32.2 Å². The van der Waals surface area contributed by atoms with Crippen LogP contribution in [0.4, 0.5) is 5.13 Å². The molecule has 0 aliphatic carbocycles. The van der Waals surface area contributed by atoms with Gasteiger partial charge < -0.3 is 4.74 Å². The summed E-state index contributed by atoms with van der Waals surface area (Å²) in [4.78, 5) is 20.9. The largest absolute Gasteiger partial charge is 0.461 e. The molecule has 4 aromatic rings. The van der Waals surface area contributed by atoms with E-state index in [0.29, 0.717) is 18.0 Å². The molecule has 0 bridgehead atoms. The molecule has 0 aliphatic rings. The molecule has 6 nitrogen and oxygen atoms in total. The number of nitrogens with one attached hydrogen (secondary N) is 1. The van der Waals surface area contributed by atoms with E-state index in [-0.39, 0.29) is 0 Å². The highest BCUT2D eigenvalue weighted by Gasteiger charge is 2.10. The molecule has 2 aromatic heterocycles. The lowest BCUT2D eigenvalue weighted by Crippen LogP contribution is -2.07. The lowest BCUT2D eigenvalue weighted by atomic mass is 10.0. The highest BCUT2D eigenvalue weighted by Crippen LogP contribution is 2.25. The first-order chi connectivity index (χ1) is 14.6. The Bertz CT molecular complexity index is 1200. The minimum absolute atomic E-state index is 0.294. The van der Waals surface area contributed by atoms with Gasteiger partial charge in [0, 0.05) is 5.56 Å². The Hall–Kier alpha value is -3.58.